The maximum Gasteiger partial charge on any atom is 0.192 e. The summed E-state index contributed by atoms with van der Waals surface area (Å²) in [5, 5.41) is 13.4. The van der Waals surface area contributed by atoms with Gasteiger partial charge in [0.05, 0.1) is 0 Å². The molecule has 1 aromatic rings. The normalized spacial score (nSPS) is 9.31. The van der Waals surface area contributed by atoms with Gasteiger partial charge in [0.15, 0.2) is 5.96 Å². The Morgan fingerprint density at radius 3 is 2.62 bits per heavy atom. The van der Waals surface area contributed by atoms with E-state index >= 15 is 0 Å². The van der Waals surface area contributed by atoms with Crippen molar-refractivity contribution in [2.75, 3.05) is 11.9 Å². The van der Waals surface area contributed by atoms with E-state index in [4.69, 9.17) is 5.41 Å². The van der Waals surface area contributed by atoms with E-state index < -0.39 is 0 Å². The zero-order valence-corrected chi connectivity index (χ0v) is 7.80. The van der Waals surface area contributed by atoms with Crippen LogP contribution >= 0.6 is 0 Å². The summed E-state index contributed by atoms with van der Waals surface area (Å²) in [5.74, 6) is 0.355. The number of nitrogens with one attached hydrogen (secondary N) is 3. The highest BCUT2D eigenvalue weighted by molar-refractivity contribution is 5.90. The summed E-state index contributed by atoms with van der Waals surface area (Å²) in [6.45, 7) is 2.90. The summed E-state index contributed by atoms with van der Waals surface area (Å²) in [7, 11) is 0. The van der Waals surface area contributed by atoms with E-state index in [1.54, 1.807) is 0 Å². The Balaban J connectivity index is 2.37. The van der Waals surface area contributed by atoms with Crippen molar-refractivity contribution in [2.45, 2.75) is 13.3 Å². The first-order valence-corrected chi connectivity index (χ1v) is 4.47. The minimum atomic E-state index is 0.355. The van der Waals surface area contributed by atoms with Gasteiger partial charge in [0.2, 0.25) is 0 Å². The number of hydrogen-bond donors (Lipinski definition) is 3. The highest BCUT2D eigenvalue weighted by Gasteiger charge is 1.93. The van der Waals surface area contributed by atoms with Gasteiger partial charge in [-0.2, -0.15) is 0 Å². The van der Waals surface area contributed by atoms with Crippen LogP contribution in [0.1, 0.15) is 13.3 Å². The molecule has 1 rings (SSSR count). The molecule has 3 nitrogen and oxygen atoms in total. The quantitative estimate of drug-likeness (QED) is 0.488. The molecule has 0 amide bonds. The van der Waals surface area contributed by atoms with Crippen molar-refractivity contribution >= 4 is 11.6 Å². The lowest BCUT2D eigenvalue weighted by Gasteiger charge is -2.08. The molecule has 70 valence electrons. The third-order valence-corrected chi connectivity index (χ3v) is 1.59. The maximum absolute atomic E-state index is 7.51. The Bertz CT molecular complexity index is 256. The van der Waals surface area contributed by atoms with E-state index in [2.05, 4.69) is 17.6 Å². The average molecular weight is 177 g/mol. The molecule has 0 aromatic heterocycles. The third kappa shape index (κ3) is 3.60. The van der Waals surface area contributed by atoms with Crippen molar-refractivity contribution in [2.24, 2.45) is 0 Å². The summed E-state index contributed by atoms with van der Waals surface area (Å²) in [5.41, 5.74) is 0.941. The first kappa shape index (κ1) is 9.58. The molecule has 0 aliphatic rings. The second-order valence-corrected chi connectivity index (χ2v) is 2.79. The molecule has 0 radical (unpaired) electrons. The number of benzene rings is 1. The van der Waals surface area contributed by atoms with E-state index in [1.165, 1.54) is 0 Å². The molecule has 0 atom stereocenters. The topological polar surface area (TPSA) is 47.9 Å². The fourth-order valence-electron chi connectivity index (χ4n) is 0.960. The van der Waals surface area contributed by atoms with Crippen LogP contribution in [-0.2, 0) is 0 Å². The molecule has 0 aliphatic heterocycles. The fraction of sp³-hybridized carbons (Fsp3) is 0.300. The molecule has 0 spiro atoms. The number of rotatable bonds is 3. The summed E-state index contributed by atoms with van der Waals surface area (Å²) >= 11 is 0. The summed E-state index contributed by atoms with van der Waals surface area (Å²) < 4.78 is 0. The van der Waals surface area contributed by atoms with Crippen LogP contribution in [0.4, 0.5) is 5.69 Å². The fourth-order valence-corrected chi connectivity index (χ4v) is 0.960. The summed E-state index contributed by atoms with van der Waals surface area (Å²) in [4.78, 5) is 0. The molecular formula is C10H15N3. The van der Waals surface area contributed by atoms with Crippen LogP contribution in [0.5, 0.6) is 0 Å². The van der Waals surface area contributed by atoms with Crippen LogP contribution < -0.4 is 10.6 Å². The van der Waals surface area contributed by atoms with Crippen molar-refractivity contribution in [3.05, 3.63) is 30.3 Å². The molecule has 3 N–H and O–H groups in total. The van der Waals surface area contributed by atoms with Crippen molar-refractivity contribution in [3.63, 3.8) is 0 Å². The lowest BCUT2D eigenvalue weighted by molar-refractivity contribution is 0.834. The van der Waals surface area contributed by atoms with Gasteiger partial charge in [-0.05, 0) is 18.6 Å². The first-order chi connectivity index (χ1) is 6.33. The molecule has 0 saturated carbocycles. The molecule has 1 aromatic carbocycles. The van der Waals surface area contributed by atoms with Crippen molar-refractivity contribution in [1.82, 2.24) is 5.32 Å². The molecule has 0 saturated heterocycles. The van der Waals surface area contributed by atoms with Gasteiger partial charge in [-0.3, -0.25) is 5.41 Å². The second-order valence-electron chi connectivity index (χ2n) is 2.79. The smallest absolute Gasteiger partial charge is 0.192 e. The predicted octanol–water partition coefficient (Wildman–Crippen LogP) is 2.03. The van der Waals surface area contributed by atoms with Gasteiger partial charge in [-0.25, -0.2) is 0 Å². The molecule has 13 heavy (non-hydrogen) atoms. The lowest BCUT2D eigenvalue weighted by atomic mass is 10.3. The number of anilines is 1. The Kier molecular flexibility index (Phi) is 3.82. The molecule has 0 fully saturated rings. The summed E-state index contributed by atoms with van der Waals surface area (Å²) in [6.07, 6.45) is 1.03. The average Bonchev–Trinajstić information content (AvgIpc) is 2.16. The molecule has 0 unspecified atom stereocenters. The Hall–Kier alpha value is -1.51. The monoisotopic (exact) mass is 177 g/mol. The molecular weight excluding hydrogens is 162 g/mol. The van der Waals surface area contributed by atoms with Gasteiger partial charge in [-0.15, -0.1) is 0 Å². The van der Waals surface area contributed by atoms with E-state index in [0.29, 0.717) is 5.96 Å². The van der Waals surface area contributed by atoms with Crippen LogP contribution in [0.2, 0.25) is 0 Å². The van der Waals surface area contributed by atoms with Crippen molar-refractivity contribution in [3.8, 4) is 0 Å². The van der Waals surface area contributed by atoms with Crippen LogP contribution in [0, 0.1) is 5.41 Å². The SMILES string of the molecule is CCCNC(=N)Nc1ccccc1. The summed E-state index contributed by atoms with van der Waals surface area (Å²) in [6, 6.07) is 9.70. The van der Waals surface area contributed by atoms with Gasteiger partial charge in [-0.1, -0.05) is 25.1 Å². The second kappa shape index (κ2) is 5.19. The Morgan fingerprint density at radius 1 is 1.31 bits per heavy atom. The van der Waals surface area contributed by atoms with Crippen LogP contribution in [0.3, 0.4) is 0 Å². The van der Waals surface area contributed by atoms with Crippen LogP contribution in [0.25, 0.3) is 0 Å². The van der Waals surface area contributed by atoms with E-state index in [-0.39, 0.29) is 0 Å². The van der Waals surface area contributed by atoms with Crippen molar-refractivity contribution < 1.29 is 0 Å². The van der Waals surface area contributed by atoms with Gasteiger partial charge in [0.25, 0.3) is 0 Å². The minimum Gasteiger partial charge on any atom is -0.356 e. The highest BCUT2D eigenvalue weighted by Crippen LogP contribution is 2.03. The molecule has 0 aliphatic carbocycles. The van der Waals surface area contributed by atoms with Gasteiger partial charge in [0, 0.05) is 12.2 Å². The maximum atomic E-state index is 7.51. The van der Waals surface area contributed by atoms with E-state index in [9.17, 15) is 0 Å². The Labute approximate surface area is 78.7 Å². The number of hydrogen-bond acceptors (Lipinski definition) is 1. The first-order valence-electron chi connectivity index (χ1n) is 4.47. The van der Waals surface area contributed by atoms with Crippen molar-refractivity contribution in [1.29, 1.82) is 5.41 Å². The standard InChI is InChI=1S/C10H15N3/c1-2-8-12-10(11)13-9-6-4-3-5-7-9/h3-7H,2,8H2,1H3,(H3,11,12,13). The zero-order valence-electron chi connectivity index (χ0n) is 7.80. The highest BCUT2D eigenvalue weighted by atomic mass is 15.1. The lowest BCUT2D eigenvalue weighted by Crippen LogP contribution is -2.29. The van der Waals surface area contributed by atoms with Gasteiger partial charge >= 0.3 is 0 Å². The Morgan fingerprint density at radius 2 is 2.00 bits per heavy atom. The van der Waals surface area contributed by atoms with E-state index in [0.717, 1.165) is 18.7 Å². The van der Waals surface area contributed by atoms with Gasteiger partial charge < -0.3 is 10.6 Å². The third-order valence-electron chi connectivity index (χ3n) is 1.59. The van der Waals surface area contributed by atoms with E-state index in [1.807, 2.05) is 30.3 Å². The van der Waals surface area contributed by atoms with Crippen LogP contribution in [-0.4, -0.2) is 12.5 Å². The molecule has 3 heteroatoms. The molecule has 0 bridgehead atoms. The zero-order chi connectivity index (χ0) is 9.52. The predicted molar refractivity (Wildman–Crippen MR) is 56.1 cm³/mol. The van der Waals surface area contributed by atoms with Crippen LogP contribution in [0.15, 0.2) is 30.3 Å². The number of para-hydroxylation sites is 1. The minimum absolute atomic E-state index is 0.355. The van der Waals surface area contributed by atoms with Gasteiger partial charge in [0.1, 0.15) is 0 Å². The largest absolute Gasteiger partial charge is 0.356 e. The number of guanidine groups is 1. The molecule has 0 heterocycles.